The van der Waals surface area contributed by atoms with Gasteiger partial charge < -0.3 is 20.1 Å². The van der Waals surface area contributed by atoms with Crippen molar-refractivity contribution in [3.05, 3.63) is 105 Å². The fourth-order valence-electron chi connectivity index (χ4n) is 6.54. The molecule has 302 valence electrons. The zero-order chi connectivity index (χ0) is 41.0. The molecule has 1 aliphatic heterocycles. The van der Waals surface area contributed by atoms with E-state index in [4.69, 9.17) is 4.74 Å². The molecule has 2 aromatic carbocycles. The second kappa shape index (κ2) is 17.5. The van der Waals surface area contributed by atoms with Crippen LogP contribution in [0.1, 0.15) is 110 Å². The van der Waals surface area contributed by atoms with Gasteiger partial charge in [0, 0.05) is 47.4 Å². The highest BCUT2D eigenvalue weighted by atomic mass is 32.2. The number of aryl methyl sites for hydroxylation is 2. The first-order valence-corrected chi connectivity index (χ1v) is 21.6. The van der Waals surface area contributed by atoms with Crippen molar-refractivity contribution in [1.29, 1.82) is 0 Å². The summed E-state index contributed by atoms with van der Waals surface area (Å²) in [7, 11) is -4.07. The number of pyridine rings is 1. The van der Waals surface area contributed by atoms with E-state index in [2.05, 4.69) is 36.1 Å². The van der Waals surface area contributed by atoms with Gasteiger partial charge in [-0.15, -0.1) is 11.3 Å². The molecule has 0 aliphatic carbocycles. The van der Waals surface area contributed by atoms with Crippen molar-refractivity contribution >= 4 is 33.2 Å². The summed E-state index contributed by atoms with van der Waals surface area (Å²) in [6.07, 6.45) is 0.582. The lowest BCUT2D eigenvalue weighted by molar-refractivity contribution is 0.000767. The summed E-state index contributed by atoms with van der Waals surface area (Å²) in [5.41, 5.74) is 1.96. The van der Waals surface area contributed by atoms with Gasteiger partial charge in [0.05, 0.1) is 23.1 Å². The number of nitrogens with zero attached hydrogens (tertiary/aromatic N) is 4. The number of sulfonamides is 1. The first kappa shape index (κ1) is 43.0. The Labute approximate surface area is 336 Å². The minimum atomic E-state index is -4.07. The van der Waals surface area contributed by atoms with E-state index in [1.54, 1.807) is 30.0 Å². The summed E-state index contributed by atoms with van der Waals surface area (Å²) in [6.45, 7) is 18.2. The topological polar surface area (TPSA) is 142 Å². The molecule has 13 heteroatoms. The number of likely N-dealkylation sites (tertiary alicyclic amines) is 1. The summed E-state index contributed by atoms with van der Waals surface area (Å²) in [5.74, 6) is -0.285. The molecule has 0 saturated carbocycles. The number of aliphatic hydroxyl groups is 1. The molecule has 1 saturated heterocycles. The number of hydrogen-bond donors (Lipinski definition) is 2. The average molecular weight is 804 g/mol. The Morgan fingerprint density at radius 3 is 2.27 bits per heavy atom. The molecule has 2 N–H and O–H groups in total. The third-order valence-corrected chi connectivity index (χ3v) is 13.5. The van der Waals surface area contributed by atoms with Crippen LogP contribution < -0.4 is 10.1 Å². The number of benzene rings is 2. The Balaban J connectivity index is 1.38. The van der Waals surface area contributed by atoms with Gasteiger partial charge in [0.2, 0.25) is 10.0 Å². The van der Waals surface area contributed by atoms with Crippen molar-refractivity contribution in [2.24, 2.45) is 11.3 Å². The number of ether oxygens (including phenoxy) is 1. The van der Waals surface area contributed by atoms with Crippen molar-refractivity contribution in [2.75, 3.05) is 19.6 Å². The van der Waals surface area contributed by atoms with Crippen LogP contribution in [0.4, 0.5) is 0 Å². The Kier molecular flexibility index (Phi) is 13.5. The predicted octanol–water partition coefficient (Wildman–Crippen LogP) is 7.38. The Morgan fingerprint density at radius 2 is 1.66 bits per heavy atom. The molecule has 1 unspecified atom stereocenters. The van der Waals surface area contributed by atoms with Crippen LogP contribution in [0.25, 0.3) is 0 Å². The zero-order valence-corrected chi connectivity index (χ0v) is 35.7. The highest BCUT2D eigenvalue weighted by Gasteiger charge is 2.37. The van der Waals surface area contributed by atoms with E-state index in [0.29, 0.717) is 18.0 Å². The van der Waals surface area contributed by atoms with Crippen LogP contribution in [0.15, 0.2) is 77.0 Å². The van der Waals surface area contributed by atoms with Crippen LogP contribution in [-0.4, -0.2) is 81.9 Å². The summed E-state index contributed by atoms with van der Waals surface area (Å²) in [5, 5.41) is 17.7. The number of amides is 2. The third kappa shape index (κ3) is 10.4. The lowest BCUT2D eigenvalue weighted by Crippen LogP contribution is -2.51. The van der Waals surface area contributed by atoms with Crippen LogP contribution in [0.5, 0.6) is 5.75 Å². The van der Waals surface area contributed by atoms with Gasteiger partial charge in [-0.25, -0.2) is 18.4 Å². The number of aromatic nitrogens is 2. The summed E-state index contributed by atoms with van der Waals surface area (Å²) >= 11 is 1.54. The maximum Gasteiger partial charge on any atom is 0.273 e. The number of aliphatic hydroxyl groups excluding tert-OH is 1. The average Bonchev–Trinajstić information content (AvgIpc) is 3.79. The third-order valence-electron chi connectivity index (χ3n) is 10.5. The first-order chi connectivity index (χ1) is 26.2. The van der Waals surface area contributed by atoms with Crippen molar-refractivity contribution in [1.82, 2.24) is 24.5 Å². The predicted molar refractivity (Wildman–Crippen MR) is 220 cm³/mol. The maximum atomic E-state index is 14.2. The Hall–Kier alpha value is -4.17. The van der Waals surface area contributed by atoms with Crippen LogP contribution in [0.3, 0.4) is 0 Å². The van der Waals surface area contributed by atoms with E-state index in [1.165, 1.54) is 33.8 Å². The molecule has 2 aromatic heterocycles. The number of nitrogens with one attached hydrogen (secondary N) is 1. The molecule has 3 heterocycles. The van der Waals surface area contributed by atoms with E-state index < -0.39 is 33.7 Å². The van der Waals surface area contributed by atoms with E-state index in [1.807, 2.05) is 70.3 Å². The SMILES string of the molecule is Cc1cc(C(=O)N[C@@H](Cc2ccccc2)[C@H](O)CN(CC(C)C)S(=O)(=O)c2ccc(OC(C)(C)C(C)(C)C)cc2)cc(C(=O)N2CCCC2c2nc(C)cs2)n1. The van der Waals surface area contributed by atoms with Crippen LogP contribution >= 0.6 is 11.3 Å². The standard InChI is InChI=1S/C43H57N5O6S2/c1-28(2)25-47(56(52,53)34-19-17-33(18-20-34)54-43(8,9)42(5,6)7)26-38(49)35(23-31-14-11-10-12-15-31)46-39(50)32-22-29(3)44-36(24-32)41(51)48-21-13-16-37(48)40-45-30(4)27-55-40/h10-12,14-15,17-20,22,24,27-28,35,37-38,49H,13,16,21,23,25-26H2,1-9H3,(H,46,50)/t35-,37?,38+/m0/s1. The monoisotopic (exact) mass is 803 g/mol. The highest BCUT2D eigenvalue weighted by molar-refractivity contribution is 7.89. The molecular formula is C43H57N5O6S2. The number of rotatable bonds is 15. The summed E-state index contributed by atoms with van der Waals surface area (Å²) < 4.78 is 35.9. The molecule has 56 heavy (non-hydrogen) atoms. The van der Waals surface area contributed by atoms with Crippen LogP contribution in [-0.2, 0) is 16.4 Å². The van der Waals surface area contributed by atoms with Gasteiger partial charge in [-0.3, -0.25) is 9.59 Å². The van der Waals surface area contributed by atoms with Crippen molar-refractivity contribution in [2.45, 2.75) is 110 Å². The van der Waals surface area contributed by atoms with Gasteiger partial charge >= 0.3 is 0 Å². The fraction of sp³-hybridized carbons (Fsp3) is 0.488. The van der Waals surface area contributed by atoms with Crippen LogP contribution in [0.2, 0.25) is 0 Å². The molecule has 1 aliphatic rings. The number of carbonyl (C=O) groups excluding carboxylic acids is 2. The molecule has 0 bridgehead atoms. The van der Waals surface area contributed by atoms with Crippen molar-refractivity contribution in [3.63, 3.8) is 0 Å². The smallest absolute Gasteiger partial charge is 0.273 e. The Bertz CT molecular complexity index is 2080. The molecule has 2 amide bonds. The number of hydrogen-bond acceptors (Lipinski definition) is 9. The largest absolute Gasteiger partial charge is 0.487 e. The molecule has 5 rings (SSSR count). The Morgan fingerprint density at radius 1 is 0.982 bits per heavy atom. The fourth-order valence-corrected chi connectivity index (χ4v) is 9.11. The summed E-state index contributed by atoms with van der Waals surface area (Å²) in [4.78, 5) is 38.9. The highest BCUT2D eigenvalue weighted by Crippen LogP contribution is 2.36. The number of carbonyl (C=O) groups is 2. The van der Waals surface area contributed by atoms with Gasteiger partial charge in [0.25, 0.3) is 11.8 Å². The molecule has 11 nitrogen and oxygen atoms in total. The van der Waals surface area contributed by atoms with Gasteiger partial charge in [0.15, 0.2) is 0 Å². The van der Waals surface area contributed by atoms with Gasteiger partial charge in [-0.2, -0.15) is 4.31 Å². The van der Waals surface area contributed by atoms with Crippen molar-refractivity contribution < 1.29 is 27.9 Å². The van der Waals surface area contributed by atoms with E-state index in [0.717, 1.165) is 29.1 Å². The lowest BCUT2D eigenvalue weighted by atomic mass is 9.79. The molecule has 0 radical (unpaired) electrons. The zero-order valence-electron chi connectivity index (χ0n) is 34.1. The molecule has 3 atom stereocenters. The lowest BCUT2D eigenvalue weighted by Gasteiger charge is -2.39. The van der Waals surface area contributed by atoms with Gasteiger partial charge in [-0.05, 0) is 94.8 Å². The van der Waals surface area contributed by atoms with E-state index in [9.17, 15) is 23.1 Å². The quantitative estimate of drug-likeness (QED) is 0.127. The number of thiazole rings is 1. The molecular weight excluding hydrogens is 747 g/mol. The maximum absolute atomic E-state index is 14.2. The first-order valence-electron chi connectivity index (χ1n) is 19.3. The van der Waals surface area contributed by atoms with E-state index in [-0.39, 0.29) is 58.9 Å². The summed E-state index contributed by atoms with van der Waals surface area (Å²) in [6, 6.07) is 17.8. The van der Waals surface area contributed by atoms with Gasteiger partial charge in [0.1, 0.15) is 22.1 Å². The van der Waals surface area contributed by atoms with E-state index >= 15 is 0 Å². The minimum absolute atomic E-state index is 0.0556. The second-order valence-corrected chi connectivity index (χ2v) is 19.6. The second-order valence-electron chi connectivity index (χ2n) is 16.8. The normalized spacial score (nSPS) is 16.3. The van der Waals surface area contributed by atoms with Gasteiger partial charge in [-0.1, -0.05) is 65.0 Å². The minimum Gasteiger partial charge on any atom is -0.487 e. The van der Waals surface area contributed by atoms with Crippen LogP contribution in [0, 0.1) is 25.2 Å². The molecule has 1 fully saturated rings. The van der Waals surface area contributed by atoms with Crippen molar-refractivity contribution in [3.8, 4) is 5.75 Å². The molecule has 4 aromatic rings. The molecule has 0 spiro atoms.